The van der Waals surface area contributed by atoms with Gasteiger partial charge < -0.3 is 34.5 Å². The molecule has 11 heteroatoms. The zero-order valence-corrected chi connectivity index (χ0v) is 24.9. The largest absolute Gasteiger partial charge is 0.491 e. The number of hydrogen-bond donors (Lipinski definition) is 3. The summed E-state index contributed by atoms with van der Waals surface area (Å²) >= 11 is 0. The van der Waals surface area contributed by atoms with Crippen LogP contribution in [0, 0.1) is 6.92 Å². The quantitative estimate of drug-likeness (QED) is 0.0953. The van der Waals surface area contributed by atoms with Crippen LogP contribution in [0.2, 0.25) is 0 Å². The van der Waals surface area contributed by atoms with E-state index in [1.54, 1.807) is 6.92 Å². The highest BCUT2D eigenvalue weighted by Crippen LogP contribution is 2.33. The van der Waals surface area contributed by atoms with Gasteiger partial charge in [-0.25, -0.2) is 4.98 Å². The van der Waals surface area contributed by atoms with E-state index < -0.39 is 7.60 Å². The number of nitrogens with two attached hydrogens (primary N) is 1. The number of ketones is 1. The number of fused-ring (bicyclic) bond motifs is 3. The average molecular weight is 596 g/mol. The highest BCUT2D eigenvalue weighted by atomic mass is 31.2. The summed E-state index contributed by atoms with van der Waals surface area (Å²) in [5.74, 6) is 1.33. The van der Waals surface area contributed by atoms with Crippen molar-refractivity contribution < 1.29 is 33.4 Å². The van der Waals surface area contributed by atoms with Crippen LogP contribution in [-0.4, -0.2) is 64.7 Å². The minimum atomic E-state index is -4.02. The van der Waals surface area contributed by atoms with Gasteiger partial charge in [-0.05, 0) is 79.6 Å². The van der Waals surface area contributed by atoms with Crippen molar-refractivity contribution in [1.82, 2.24) is 9.97 Å². The highest BCUT2D eigenvalue weighted by Gasteiger charge is 2.12. The lowest BCUT2D eigenvalue weighted by molar-refractivity contribution is -0.116. The van der Waals surface area contributed by atoms with Gasteiger partial charge in [0.25, 0.3) is 0 Å². The normalized spacial score (nSPS) is 11.8. The van der Waals surface area contributed by atoms with Gasteiger partial charge in [0.1, 0.15) is 23.7 Å². The number of nitrogens with zero attached hydrogens (tertiary/aromatic N) is 2. The van der Waals surface area contributed by atoms with Gasteiger partial charge in [0.05, 0.1) is 38.1 Å². The minimum absolute atomic E-state index is 0.000945. The Hall–Kier alpha value is -3.40. The van der Waals surface area contributed by atoms with Crippen LogP contribution in [-0.2, 0) is 38.1 Å². The number of Topliss-reactive ketones (excluding diaryl/α,β-unsaturated/α-hetero) is 1. The monoisotopic (exact) mass is 595 g/mol. The molecule has 0 atom stereocenters. The van der Waals surface area contributed by atoms with Crippen molar-refractivity contribution in [2.75, 3.05) is 44.9 Å². The molecular formula is C31H38N3O7P. The second-order valence-corrected chi connectivity index (χ2v) is 12.1. The summed E-state index contributed by atoms with van der Waals surface area (Å²) in [6, 6.07) is 14.3. The molecule has 4 aromatic rings. The Bertz CT molecular complexity index is 1590. The fourth-order valence-corrected chi connectivity index (χ4v) is 5.02. The third-order valence-electron chi connectivity index (χ3n) is 6.94. The van der Waals surface area contributed by atoms with E-state index in [9.17, 15) is 9.36 Å². The molecule has 4 rings (SSSR count). The lowest BCUT2D eigenvalue weighted by Crippen LogP contribution is -2.12. The number of carbonyl (C=O) groups excluding carboxylic acids is 1. The number of carbonyl (C=O) groups is 1. The van der Waals surface area contributed by atoms with E-state index in [0.29, 0.717) is 44.0 Å². The average Bonchev–Trinajstić information content (AvgIpc) is 2.94. The lowest BCUT2D eigenvalue weighted by Gasteiger charge is -2.12. The molecule has 0 radical (unpaired) electrons. The van der Waals surface area contributed by atoms with E-state index >= 15 is 0 Å². The number of ether oxygens (including phenoxy) is 3. The van der Waals surface area contributed by atoms with Crippen molar-refractivity contribution >= 4 is 41.0 Å². The fourth-order valence-electron chi connectivity index (χ4n) is 4.65. The molecule has 2 aromatic heterocycles. The van der Waals surface area contributed by atoms with Gasteiger partial charge in [0.2, 0.25) is 0 Å². The fraction of sp³-hybridized carbons (Fsp3) is 0.387. The van der Waals surface area contributed by atoms with E-state index in [2.05, 4.69) is 29.0 Å². The Morgan fingerprint density at radius 3 is 2.40 bits per heavy atom. The van der Waals surface area contributed by atoms with Crippen molar-refractivity contribution in [3.63, 3.8) is 0 Å². The predicted octanol–water partition coefficient (Wildman–Crippen LogP) is 4.57. The Labute approximate surface area is 245 Å². The zero-order valence-electron chi connectivity index (χ0n) is 24.0. The maximum atomic E-state index is 11.4. The standard InChI is InChI=1S/C31H38N3O7P/c1-21-17-26(41-14-13-39-11-12-40-15-16-42(36,37)38)9-8-25(21)7-5-24-18-28-27-10-6-23(4-3-22(2)35)19-29(27)34-31(32)30(28)33-20-24/h6,8-10,17-20H,3-5,7,11-16H2,1-2H3,(H2,32,34)(H2,36,37,38). The van der Waals surface area contributed by atoms with Crippen molar-refractivity contribution in [2.45, 2.75) is 39.5 Å². The number of rotatable bonds is 16. The van der Waals surface area contributed by atoms with Crippen molar-refractivity contribution in [3.8, 4) is 5.75 Å². The molecule has 0 aliphatic carbocycles. The van der Waals surface area contributed by atoms with Crippen molar-refractivity contribution in [1.29, 1.82) is 0 Å². The maximum absolute atomic E-state index is 11.4. The van der Waals surface area contributed by atoms with Gasteiger partial charge in [-0.15, -0.1) is 0 Å². The number of aromatic nitrogens is 2. The SMILES string of the molecule is CC(=O)CCc1ccc2c(c1)nc(N)c1ncc(CCc3ccc(OCCOCCOCCP(=O)(O)O)cc3C)cc12. The molecule has 0 unspecified atom stereocenters. The van der Waals surface area contributed by atoms with E-state index in [-0.39, 0.29) is 25.2 Å². The van der Waals surface area contributed by atoms with Crippen LogP contribution >= 0.6 is 7.60 Å². The molecule has 2 heterocycles. The first-order valence-electron chi connectivity index (χ1n) is 14.0. The smallest absolute Gasteiger partial charge is 0.327 e. The summed E-state index contributed by atoms with van der Waals surface area (Å²) in [5, 5.41) is 1.97. The van der Waals surface area contributed by atoms with Gasteiger partial charge in [-0.2, -0.15) is 0 Å². The molecule has 0 bridgehead atoms. The topological polar surface area (TPSA) is 154 Å². The summed E-state index contributed by atoms with van der Waals surface area (Å²) in [6.45, 7) is 5.03. The summed E-state index contributed by atoms with van der Waals surface area (Å²) in [6.07, 6.45) is 4.42. The number of pyridine rings is 2. The number of hydrogen-bond acceptors (Lipinski definition) is 8. The first-order valence-corrected chi connectivity index (χ1v) is 15.8. The molecule has 0 aliphatic heterocycles. The molecule has 0 saturated carbocycles. The van der Waals surface area contributed by atoms with E-state index in [1.165, 1.54) is 5.56 Å². The van der Waals surface area contributed by atoms with Crippen LogP contribution in [0.4, 0.5) is 5.82 Å². The van der Waals surface area contributed by atoms with Crippen LogP contribution in [0.25, 0.3) is 21.8 Å². The molecular weight excluding hydrogens is 557 g/mol. The van der Waals surface area contributed by atoms with Crippen LogP contribution in [0.1, 0.15) is 35.6 Å². The Balaban J connectivity index is 1.30. The van der Waals surface area contributed by atoms with Gasteiger partial charge in [0, 0.05) is 23.4 Å². The van der Waals surface area contributed by atoms with E-state index in [0.717, 1.165) is 51.6 Å². The molecule has 4 N–H and O–H groups in total. The van der Waals surface area contributed by atoms with E-state index in [1.807, 2.05) is 36.5 Å². The van der Waals surface area contributed by atoms with Crippen molar-refractivity contribution in [2.24, 2.45) is 0 Å². The number of aryl methyl sites for hydroxylation is 4. The molecule has 0 saturated heterocycles. The zero-order chi connectivity index (χ0) is 30.1. The summed E-state index contributed by atoms with van der Waals surface area (Å²) in [5.41, 5.74) is 12.3. The Morgan fingerprint density at radius 2 is 1.67 bits per heavy atom. The second kappa shape index (κ2) is 14.7. The van der Waals surface area contributed by atoms with Crippen LogP contribution in [0.15, 0.2) is 48.7 Å². The molecule has 42 heavy (non-hydrogen) atoms. The lowest BCUT2D eigenvalue weighted by atomic mass is 9.99. The predicted molar refractivity (Wildman–Crippen MR) is 163 cm³/mol. The van der Waals surface area contributed by atoms with Crippen molar-refractivity contribution in [3.05, 3.63) is 70.9 Å². The van der Waals surface area contributed by atoms with E-state index in [4.69, 9.17) is 29.7 Å². The Morgan fingerprint density at radius 1 is 0.905 bits per heavy atom. The third kappa shape index (κ3) is 9.31. The van der Waals surface area contributed by atoms with Gasteiger partial charge >= 0.3 is 7.60 Å². The van der Waals surface area contributed by atoms with Crippen LogP contribution < -0.4 is 10.5 Å². The molecule has 10 nitrogen and oxygen atoms in total. The molecule has 0 aliphatic rings. The highest BCUT2D eigenvalue weighted by molar-refractivity contribution is 7.51. The van der Waals surface area contributed by atoms with Gasteiger partial charge in [0.15, 0.2) is 5.82 Å². The third-order valence-corrected chi connectivity index (χ3v) is 7.70. The van der Waals surface area contributed by atoms with Crippen LogP contribution in [0.5, 0.6) is 5.75 Å². The van der Waals surface area contributed by atoms with Gasteiger partial charge in [-0.3, -0.25) is 9.55 Å². The first kappa shape index (κ1) is 31.5. The number of nitrogen functional groups attached to an aromatic ring is 1. The molecule has 0 spiro atoms. The van der Waals surface area contributed by atoms with Gasteiger partial charge in [-0.1, -0.05) is 18.2 Å². The molecule has 0 fully saturated rings. The summed E-state index contributed by atoms with van der Waals surface area (Å²) < 4.78 is 27.2. The van der Waals surface area contributed by atoms with Crippen LogP contribution in [0.3, 0.4) is 0 Å². The summed E-state index contributed by atoms with van der Waals surface area (Å²) in [7, 11) is -4.02. The second-order valence-electron chi connectivity index (χ2n) is 10.3. The molecule has 2 aromatic carbocycles. The number of anilines is 1. The number of benzene rings is 2. The summed E-state index contributed by atoms with van der Waals surface area (Å²) in [4.78, 5) is 38.2. The Kier molecular flexibility index (Phi) is 11.0. The molecule has 0 amide bonds. The minimum Gasteiger partial charge on any atom is -0.491 e. The molecule has 224 valence electrons. The maximum Gasteiger partial charge on any atom is 0.327 e. The first-order chi connectivity index (χ1) is 20.1.